The van der Waals surface area contributed by atoms with Crippen molar-refractivity contribution in [2.45, 2.75) is 25.8 Å². The second-order valence-corrected chi connectivity index (χ2v) is 4.49. The molecule has 1 heterocycles. The molecule has 1 aromatic carbocycles. The van der Waals surface area contributed by atoms with Crippen LogP contribution in [0.1, 0.15) is 30.1 Å². The molecule has 2 rings (SSSR count). The molecule has 0 saturated heterocycles. The van der Waals surface area contributed by atoms with Gasteiger partial charge in [-0.3, -0.25) is 4.79 Å². The van der Waals surface area contributed by atoms with E-state index in [9.17, 15) is 4.79 Å². The molecule has 1 aromatic heterocycles. The van der Waals surface area contributed by atoms with Gasteiger partial charge in [0.2, 0.25) is 0 Å². The number of aliphatic hydroxyl groups excluding tert-OH is 1. The first kappa shape index (κ1) is 14.2. The van der Waals surface area contributed by atoms with Crippen LogP contribution in [0.2, 0.25) is 0 Å². The Labute approximate surface area is 117 Å². The fourth-order valence-corrected chi connectivity index (χ4v) is 1.94. The number of amides is 1. The van der Waals surface area contributed by atoms with Gasteiger partial charge in [0.25, 0.3) is 5.91 Å². The zero-order chi connectivity index (χ0) is 14.4. The van der Waals surface area contributed by atoms with E-state index in [1.165, 1.54) is 0 Å². The van der Waals surface area contributed by atoms with Crippen molar-refractivity contribution >= 4 is 5.91 Å². The Morgan fingerprint density at radius 2 is 2.35 bits per heavy atom. The maximum absolute atomic E-state index is 12.2. The summed E-state index contributed by atoms with van der Waals surface area (Å²) in [5.41, 5.74) is 1.35. The van der Waals surface area contributed by atoms with Gasteiger partial charge in [-0.05, 0) is 31.0 Å². The molecule has 0 aliphatic heterocycles. The van der Waals surface area contributed by atoms with Crippen LogP contribution in [-0.2, 0) is 0 Å². The van der Waals surface area contributed by atoms with Crippen LogP contribution < -0.4 is 5.32 Å². The number of nitrogens with zero attached hydrogens (tertiary/aromatic N) is 3. The highest BCUT2D eigenvalue weighted by atomic mass is 16.3. The summed E-state index contributed by atoms with van der Waals surface area (Å²) in [4.78, 5) is 12.2. The van der Waals surface area contributed by atoms with Crippen molar-refractivity contribution in [1.82, 2.24) is 20.3 Å². The van der Waals surface area contributed by atoms with E-state index in [-0.39, 0.29) is 18.6 Å². The number of aliphatic hydroxyl groups is 1. The zero-order valence-electron chi connectivity index (χ0n) is 11.4. The van der Waals surface area contributed by atoms with E-state index in [2.05, 4.69) is 15.6 Å². The normalized spacial score (nSPS) is 12.1. The molecule has 0 bridgehead atoms. The third kappa shape index (κ3) is 3.42. The number of carbonyl (C=O) groups is 1. The van der Waals surface area contributed by atoms with Gasteiger partial charge in [0.05, 0.1) is 18.1 Å². The predicted octanol–water partition coefficient (Wildman–Crippen LogP) is 1.16. The standard InChI is InChI=1S/C14H18N4O2/c1-2-12(6-9-19)16-14(20)11-4-3-5-13(10-11)18-8-7-15-17-18/h3-5,7-8,10,12,19H,2,6,9H2,1H3,(H,16,20). The van der Waals surface area contributed by atoms with Gasteiger partial charge < -0.3 is 10.4 Å². The number of hydrogen-bond donors (Lipinski definition) is 2. The molecule has 0 spiro atoms. The lowest BCUT2D eigenvalue weighted by atomic mass is 10.1. The van der Waals surface area contributed by atoms with Gasteiger partial charge in [0.15, 0.2) is 0 Å². The Balaban J connectivity index is 2.12. The fraction of sp³-hybridized carbons (Fsp3) is 0.357. The smallest absolute Gasteiger partial charge is 0.251 e. The topological polar surface area (TPSA) is 80.0 Å². The van der Waals surface area contributed by atoms with E-state index in [0.29, 0.717) is 12.0 Å². The minimum Gasteiger partial charge on any atom is -0.396 e. The molecular weight excluding hydrogens is 256 g/mol. The van der Waals surface area contributed by atoms with Gasteiger partial charge in [-0.1, -0.05) is 18.2 Å². The van der Waals surface area contributed by atoms with Crippen molar-refractivity contribution in [1.29, 1.82) is 0 Å². The fourth-order valence-electron chi connectivity index (χ4n) is 1.94. The lowest BCUT2D eigenvalue weighted by Gasteiger charge is -2.16. The van der Waals surface area contributed by atoms with Crippen molar-refractivity contribution < 1.29 is 9.90 Å². The zero-order valence-corrected chi connectivity index (χ0v) is 11.4. The molecule has 0 saturated carbocycles. The average molecular weight is 274 g/mol. The Morgan fingerprint density at radius 3 is 3.00 bits per heavy atom. The first-order valence-corrected chi connectivity index (χ1v) is 6.63. The van der Waals surface area contributed by atoms with E-state index >= 15 is 0 Å². The van der Waals surface area contributed by atoms with E-state index in [4.69, 9.17) is 5.11 Å². The average Bonchev–Trinajstić information content (AvgIpc) is 3.01. The number of nitrogens with one attached hydrogen (secondary N) is 1. The van der Waals surface area contributed by atoms with E-state index in [1.807, 2.05) is 13.0 Å². The van der Waals surface area contributed by atoms with E-state index in [0.717, 1.165) is 12.1 Å². The molecule has 0 radical (unpaired) electrons. The van der Waals surface area contributed by atoms with Crippen LogP contribution in [0.15, 0.2) is 36.7 Å². The maximum atomic E-state index is 12.2. The van der Waals surface area contributed by atoms with Gasteiger partial charge >= 0.3 is 0 Å². The summed E-state index contributed by atoms with van der Waals surface area (Å²) in [7, 11) is 0. The Morgan fingerprint density at radius 1 is 1.50 bits per heavy atom. The summed E-state index contributed by atoms with van der Waals surface area (Å²) >= 11 is 0. The third-order valence-corrected chi connectivity index (χ3v) is 3.10. The summed E-state index contributed by atoms with van der Waals surface area (Å²) < 4.78 is 1.60. The highest BCUT2D eigenvalue weighted by Crippen LogP contribution is 2.10. The second-order valence-electron chi connectivity index (χ2n) is 4.49. The van der Waals surface area contributed by atoms with Crippen molar-refractivity contribution in [3.63, 3.8) is 0 Å². The van der Waals surface area contributed by atoms with Gasteiger partial charge in [-0.25, -0.2) is 4.68 Å². The molecule has 1 unspecified atom stereocenters. The van der Waals surface area contributed by atoms with Gasteiger partial charge in [-0.15, -0.1) is 5.10 Å². The van der Waals surface area contributed by atoms with Gasteiger partial charge in [-0.2, -0.15) is 0 Å². The van der Waals surface area contributed by atoms with Crippen LogP contribution in [-0.4, -0.2) is 38.7 Å². The van der Waals surface area contributed by atoms with Crippen LogP contribution in [0.4, 0.5) is 0 Å². The van der Waals surface area contributed by atoms with Crippen LogP contribution in [0, 0.1) is 0 Å². The van der Waals surface area contributed by atoms with Crippen LogP contribution in [0.5, 0.6) is 0 Å². The molecule has 0 aliphatic carbocycles. The molecule has 20 heavy (non-hydrogen) atoms. The maximum Gasteiger partial charge on any atom is 0.251 e. The number of carbonyl (C=O) groups excluding carboxylic acids is 1. The molecule has 2 N–H and O–H groups in total. The van der Waals surface area contributed by atoms with Crippen molar-refractivity contribution in [2.24, 2.45) is 0 Å². The first-order chi connectivity index (χ1) is 9.74. The SMILES string of the molecule is CCC(CCO)NC(=O)c1cccc(-n2ccnn2)c1. The Hall–Kier alpha value is -2.21. The number of rotatable bonds is 6. The summed E-state index contributed by atoms with van der Waals surface area (Å²) in [6.07, 6.45) is 4.65. The second kappa shape index (κ2) is 6.81. The lowest BCUT2D eigenvalue weighted by Crippen LogP contribution is -2.35. The molecule has 0 fully saturated rings. The third-order valence-electron chi connectivity index (χ3n) is 3.10. The quantitative estimate of drug-likeness (QED) is 0.828. The highest BCUT2D eigenvalue weighted by molar-refractivity contribution is 5.94. The van der Waals surface area contributed by atoms with Gasteiger partial charge in [0, 0.05) is 18.2 Å². The highest BCUT2D eigenvalue weighted by Gasteiger charge is 2.12. The predicted molar refractivity (Wildman–Crippen MR) is 74.6 cm³/mol. The number of benzene rings is 1. The van der Waals surface area contributed by atoms with E-state index in [1.54, 1.807) is 35.3 Å². The Bertz CT molecular complexity index is 554. The summed E-state index contributed by atoms with van der Waals surface area (Å²) in [6.45, 7) is 2.05. The monoisotopic (exact) mass is 274 g/mol. The van der Waals surface area contributed by atoms with Gasteiger partial charge in [0.1, 0.15) is 0 Å². The lowest BCUT2D eigenvalue weighted by molar-refractivity contribution is 0.0929. The summed E-state index contributed by atoms with van der Waals surface area (Å²) in [6, 6.07) is 7.16. The van der Waals surface area contributed by atoms with Crippen LogP contribution >= 0.6 is 0 Å². The molecule has 1 atom stereocenters. The number of aromatic nitrogens is 3. The number of hydrogen-bond acceptors (Lipinski definition) is 4. The molecule has 0 aliphatic rings. The van der Waals surface area contributed by atoms with Crippen molar-refractivity contribution in [3.05, 3.63) is 42.2 Å². The largest absolute Gasteiger partial charge is 0.396 e. The minimum absolute atomic E-state index is 0.0115. The minimum atomic E-state index is -0.146. The first-order valence-electron chi connectivity index (χ1n) is 6.63. The summed E-state index contributed by atoms with van der Waals surface area (Å²) in [5, 5.41) is 19.5. The van der Waals surface area contributed by atoms with Crippen LogP contribution in [0.25, 0.3) is 5.69 Å². The molecular formula is C14H18N4O2. The molecule has 106 valence electrons. The summed E-state index contributed by atoms with van der Waals surface area (Å²) in [5.74, 6) is -0.146. The molecule has 6 heteroatoms. The van der Waals surface area contributed by atoms with Crippen molar-refractivity contribution in [3.8, 4) is 5.69 Å². The molecule has 6 nitrogen and oxygen atoms in total. The van der Waals surface area contributed by atoms with Crippen LogP contribution in [0.3, 0.4) is 0 Å². The Kier molecular flexibility index (Phi) is 4.84. The molecule has 2 aromatic rings. The van der Waals surface area contributed by atoms with Crippen molar-refractivity contribution in [2.75, 3.05) is 6.61 Å². The van der Waals surface area contributed by atoms with E-state index < -0.39 is 0 Å². The molecule has 1 amide bonds.